The van der Waals surface area contributed by atoms with Crippen LogP contribution in [0.25, 0.3) is 11.4 Å². The molecule has 1 aromatic carbocycles. The zero-order chi connectivity index (χ0) is 21.6. The van der Waals surface area contributed by atoms with Gasteiger partial charge < -0.3 is 14.4 Å². The molecule has 0 spiro atoms. The van der Waals surface area contributed by atoms with Crippen LogP contribution in [0.2, 0.25) is 0 Å². The summed E-state index contributed by atoms with van der Waals surface area (Å²) in [7, 11) is 0. The molecular weight excluding hydrogens is 396 g/mol. The number of benzene rings is 1. The Morgan fingerprint density at radius 2 is 1.94 bits per heavy atom. The predicted molar refractivity (Wildman–Crippen MR) is 116 cm³/mol. The molecule has 1 fully saturated rings. The van der Waals surface area contributed by atoms with Gasteiger partial charge in [-0.2, -0.15) is 15.4 Å². The highest BCUT2D eigenvalue weighted by Crippen LogP contribution is 2.40. The normalized spacial score (nSPS) is 14.8. The van der Waals surface area contributed by atoms with Gasteiger partial charge in [0.05, 0.1) is 29.7 Å². The molecule has 0 saturated carbocycles. The summed E-state index contributed by atoms with van der Waals surface area (Å²) in [5.41, 5.74) is 2.87. The number of ether oxygens (including phenoxy) is 2. The van der Waals surface area contributed by atoms with Crippen LogP contribution in [-0.4, -0.2) is 74.6 Å². The third-order valence-corrected chi connectivity index (χ3v) is 5.04. The molecule has 3 heterocycles. The van der Waals surface area contributed by atoms with Crippen molar-refractivity contribution in [3.05, 3.63) is 36.2 Å². The molecule has 4 rings (SSSR count). The molecule has 0 bridgehead atoms. The molecule has 1 aliphatic heterocycles. The van der Waals surface area contributed by atoms with Crippen LogP contribution in [0.3, 0.4) is 0 Å². The summed E-state index contributed by atoms with van der Waals surface area (Å²) in [6, 6.07) is 7.92. The first-order chi connectivity index (χ1) is 15.1. The van der Waals surface area contributed by atoms with Crippen LogP contribution >= 0.6 is 0 Å². The van der Waals surface area contributed by atoms with Gasteiger partial charge in [0.25, 0.3) is 0 Å². The maximum atomic E-state index is 6.06. The molecule has 1 N–H and O–H groups in total. The average molecular weight is 425 g/mol. The van der Waals surface area contributed by atoms with Gasteiger partial charge in [-0.25, -0.2) is 0 Å². The van der Waals surface area contributed by atoms with Crippen LogP contribution < -0.4 is 14.4 Å². The third-order valence-electron chi connectivity index (χ3n) is 5.04. The molecule has 0 unspecified atom stereocenters. The van der Waals surface area contributed by atoms with Gasteiger partial charge in [-0.05, 0) is 44.2 Å². The van der Waals surface area contributed by atoms with E-state index < -0.39 is 0 Å². The second-order valence-electron chi connectivity index (χ2n) is 7.63. The topological polar surface area (TPSA) is 105 Å². The number of H-pyrrole nitrogens is 1. The largest absolute Gasteiger partial charge is 0.490 e. The van der Waals surface area contributed by atoms with E-state index in [2.05, 4.69) is 40.6 Å². The minimum Gasteiger partial charge on any atom is -0.490 e. The molecule has 0 radical (unpaired) electrons. The number of rotatable bonds is 8. The zero-order valence-corrected chi connectivity index (χ0v) is 18.2. The Labute approximate surface area is 181 Å². The fraction of sp³-hybridized carbons (Fsp3) is 0.476. The van der Waals surface area contributed by atoms with Crippen LogP contribution in [0.4, 0.5) is 5.69 Å². The number of hydrogen-bond donors (Lipinski definition) is 1. The Hall–Kier alpha value is -3.27. The Balaban J connectivity index is 1.59. The van der Waals surface area contributed by atoms with Gasteiger partial charge in [0.15, 0.2) is 11.5 Å². The van der Waals surface area contributed by atoms with Crippen LogP contribution in [0, 0.1) is 0 Å². The molecule has 10 heteroatoms. The first-order valence-corrected chi connectivity index (χ1v) is 10.6. The predicted octanol–water partition coefficient (Wildman–Crippen LogP) is 2.16. The second kappa shape index (κ2) is 9.69. The number of tetrazole rings is 1. The van der Waals surface area contributed by atoms with Crippen molar-refractivity contribution in [2.45, 2.75) is 33.4 Å². The van der Waals surface area contributed by atoms with Crippen molar-refractivity contribution >= 4 is 5.69 Å². The number of piperazine rings is 1. The average Bonchev–Trinajstić information content (AvgIpc) is 3.31. The molecule has 2 aromatic heterocycles. The lowest BCUT2D eigenvalue weighted by molar-refractivity contribution is 0.223. The van der Waals surface area contributed by atoms with Crippen molar-refractivity contribution in [2.24, 2.45) is 0 Å². The first-order valence-electron chi connectivity index (χ1n) is 10.6. The molecule has 1 saturated heterocycles. The number of nitrogens with zero attached hydrogens (tertiary/aromatic N) is 7. The quantitative estimate of drug-likeness (QED) is 0.582. The number of nitrogens with one attached hydrogen (secondary N) is 1. The fourth-order valence-electron chi connectivity index (χ4n) is 3.67. The lowest BCUT2D eigenvalue weighted by atomic mass is 10.1. The summed E-state index contributed by atoms with van der Waals surface area (Å²) in [4.78, 5) is 4.72. The van der Waals surface area contributed by atoms with E-state index in [0.29, 0.717) is 18.2 Å². The van der Waals surface area contributed by atoms with Gasteiger partial charge in [0, 0.05) is 45.0 Å². The second-order valence-corrected chi connectivity index (χ2v) is 7.63. The van der Waals surface area contributed by atoms with E-state index in [1.54, 1.807) is 6.20 Å². The summed E-state index contributed by atoms with van der Waals surface area (Å²) in [5.74, 6) is 1.94. The van der Waals surface area contributed by atoms with Crippen LogP contribution in [0.5, 0.6) is 11.5 Å². The number of anilines is 1. The number of hydrogen-bond acceptors (Lipinski definition) is 9. The number of aromatic nitrogens is 6. The molecule has 0 atom stereocenters. The summed E-state index contributed by atoms with van der Waals surface area (Å²) in [6.45, 7) is 10.9. The summed E-state index contributed by atoms with van der Waals surface area (Å²) < 4.78 is 11.9. The Bertz CT molecular complexity index is 957. The van der Waals surface area contributed by atoms with E-state index in [1.807, 2.05) is 45.0 Å². The number of aromatic amines is 1. The van der Waals surface area contributed by atoms with Gasteiger partial charge in [0.2, 0.25) is 5.82 Å². The van der Waals surface area contributed by atoms with Crippen molar-refractivity contribution in [3.63, 3.8) is 0 Å². The standard InChI is InChI=1S/C21H28N8O2/c1-4-30-19-12-17(21-24-26-27-25-21)18(13-20(19)31-15(2)3)29-10-8-28(9-11-29)14-16-6-5-7-22-23-16/h5-7,12-13,15H,4,8-11,14H2,1-3H3,(H,24,25,26,27). The van der Waals surface area contributed by atoms with Gasteiger partial charge >= 0.3 is 0 Å². The van der Waals surface area contributed by atoms with Crippen molar-refractivity contribution in [2.75, 3.05) is 37.7 Å². The molecular formula is C21H28N8O2. The highest BCUT2D eigenvalue weighted by atomic mass is 16.5. The van der Waals surface area contributed by atoms with E-state index in [9.17, 15) is 0 Å². The molecule has 31 heavy (non-hydrogen) atoms. The van der Waals surface area contributed by atoms with Gasteiger partial charge in [0.1, 0.15) is 0 Å². The summed E-state index contributed by atoms with van der Waals surface area (Å²) in [5, 5.41) is 22.9. The Morgan fingerprint density at radius 3 is 2.58 bits per heavy atom. The lowest BCUT2D eigenvalue weighted by Crippen LogP contribution is -2.46. The molecule has 10 nitrogen and oxygen atoms in total. The van der Waals surface area contributed by atoms with Gasteiger partial charge in [-0.1, -0.05) is 0 Å². The molecule has 1 aliphatic rings. The SMILES string of the molecule is CCOc1cc(-c2nn[nH]n2)c(N2CCN(Cc3cccnn3)CC2)cc1OC(C)C. The Kier molecular flexibility index (Phi) is 6.56. The lowest BCUT2D eigenvalue weighted by Gasteiger charge is -2.37. The van der Waals surface area contributed by atoms with Crippen molar-refractivity contribution in [3.8, 4) is 22.9 Å². The first kappa shape index (κ1) is 21.0. The van der Waals surface area contributed by atoms with Crippen molar-refractivity contribution in [1.29, 1.82) is 0 Å². The summed E-state index contributed by atoms with van der Waals surface area (Å²) >= 11 is 0. The maximum absolute atomic E-state index is 6.06. The molecule has 0 aliphatic carbocycles. The van der Waals surface area contributed by atoms with Crippen LogP contribution in [0.1, 0.15) is 26.5 Å². The van der Waals surface area contributed by atoms with E-state index in [1.165, 1.54) is 0 Å². The smallest absolute Gasteiger partial charge is 0.206 e. The fourth-order valence-corrected chi connectivity index (χ4v) is 3.67. The zero-order valence-electron chi connectivity index (χ0n) is 18.2. The minimum atomic E-state index is 0.0342. The van der Waals surface area contributed by atoms with E-state index in [0.717, 1.165) is 55.4 Å². The van der Waals surface area contributed by atoms with Crippen LogP contribution in [-0.2, 0) is 6.54 Å². The van der Waals surface area contributed by atoms with Gasteiger partial charge in [-0.3, -0.25) is 4.90 Å². The summed E-state index contributed by atoms with van der Waals surface area (Å²) in [6.07, 6.45) is 1.73. The van der Waals surface area contributed by atoms with E-state index in [-0.39, 0.29) is 6.10 Å². The molecule has 0 amide bonds. The third kappa shape index (κ3) is 5.08. The van der Waals surface area contributed by atoms with E-state index in [4.69, 9.17) is 9.47 Å². The minimum absolute atomic E-state index is 0.0342. The highest BCUT2D eigenvalue weighted by Gasteiger charge is 2.24. The van der Waals surface area contributed by atoms with Crippen LogP contribution in [0.15, 0.2) is 30.5 Å². The van der Waals surface area contributed by atoms with Crippen molar-refractivity contribution < 1.29 is 9.47 Å². The molecule has 3 aromatic rings. The van der Waals surface area contributed by atoms with Gasteiger partial charge in [-0.15, -0.1) is 10.2 Å². The van der Waals surface area contributed by atoms with E-state index >= 15 is 0 Å². The maximum Gasteiger partial charge on any atom is 0.206 e. The monoisotopic (exact) mass is 424 g/mol. The Morgan fingerprint density at radius 1 is 1.10 bits per heavy atom. The molecule has 164 valence electrons. The van der Waals surface area contributed by atoms with Crippen molar-refractivity contribution in [1.82, 2.24) is 35.7 Å². The highest BCUT2D eigenvalue weighted by molar-refractivity contribution is 5.78.